The lowest BCUT2D eigenvalue weighted by Gasteiger charge is -2.17. The summed E-state index contributed by atoms with van der Waals surface area (Å²) in [7, 11) is -4.27. The average Bonchev–Trinajstić information content (AvgIpc) is 1.80. The van der Waals surface area contributed by atoms with Crippen LogP contribution in [0.1, 0.15) is 20.8 Å². The molecule has 0 aromatic heterocycles. The van der Waals surface area contributed by atoms with Crippen LogP contribution in [-0.4, -0.2) is 20.0 Å². The van der Waals surface area contributed by atoms with Crippen LogP contribution >= 0.6 is 0 Å². The predicted octanol–water partition coefficient (Wildman–Crippen LogP) is 0.775. The van der Waals surface area contributed by atoms with Crippen molar-refractivity contribution in [3.63, 3.8) is 0 Å². The third-order valence-electron chi connectivity index (χ3n) is 0.703. The fourth-order valence-electron chi connectivity index (χ4n) is 0.458. The van der Waals surface area contributed by atoms with Crippen molar-refractivity contribution < 1.29 is 21.6 Å². The summed E-state index contributed by atoms with van der Waals surface area (Å²) >= 11 is 0. The molecular formula is C7H12O5S. The quantitative estimate of drug-likeness (QED) is 0.641. The summed E-state index contributed by atoms with van der Waals surface area (Å²) in [5.41, 5.74) is -0.930. The topological polar surface area (TPSA) is 69.7 Å². The van der Waals surface area contributed by atoms with Gasteiger partial charge in [0.2, 0.25) is 0 Å². The zero-order chi connectivity index (χ0) is 10.7. The molecule has 0 saturated carbocycles. The first kappa shape index (κ1) is 12.1. The molecule has 5 nitrogen and oxygen atoms in total. The van der Waals surface area contributed by atoms with Gasteiger partial charge in [-0.25, -0.2) is 8.98 Å². The molecule has 0 heterocycles. The second kappa shape index (κ2) is 3.89. The van der Waals surface area contributed by atoms with Gasteiger partial charge in [-0.3, -0.25) is 0 Å². The van der Waals surface area contributed by atoms with Crippen LogP contribution in [-0.2, 0) is 23.6 Å². The first-order chi connectivity index (χ1) is 5.66. The summed E-state index contributed by atoms with van der Waals surface area (Å²) in [6.07, 6.45) is 0.740. The molecule has 0 aromatic carbocycles. The van der Waals surface area contributed by atoms with Crippen molar-refractivity contribution in [3.8, 4) is 0 Å². The molecule has 0 unspecified atom stereocenters. The highest BCUT2D eigenvalue weighted by molar-refractivity contribution is 7.82. The highest BCUT2D eigenvalue weighted by Crippen LogP contribution is 2.12. The number of carbonyl (C=O) groups excluding carboxylic acids is 1. The van der Waals surface area contributed by atoms with Crippen LogP contribution in [0.2, 0.25) is 0 Å². The SMILES string of the molecule is C=CC(=O)OS(=O)(=O)OC(C)(C)C. The van der Waals surface area contributed by atoms with Gasteiger partial charge in [0.15, 0.2) is 0 Å². The van der Waals surface area contributed by atoms with E-state index < -0.39 is 22.0 Å². The minimum absolute atomic E-state index is 0.740. The van der Waals surface area contributed by atoms with E-state index in [1.807, 2.05) is 0 Å². The summed E-state index contributed by atoms with van der Waals surface area (Å²) < 4.78 is 30.2. The molecule has 0 aliphatic heterocycles. The maximum absolute atomic E-state index is 10.9. The minimum atomic E-state index is -4.27. The monoisotopic (exact) mass is 208 g/mol. The predicted molar refractivity (Wildman–Crippen MR) is 46.0 cm³/mol. The van der Waals surface area contributed by atoms with Crippen LogP contribution in [0.3, 0.4) is 0 Å². The number of hydrogen-bond donors (Lipinski definition) is 0. The third-order valence-corrected chi connectivity index (χ3v) is 1.78. The highest BCUT2D eigenvalue weighted by Gasteiger charge is 2.24. The average molecular weight is 208 g/mol. The van der Waals surface area contributed by atoms with E-state index in [-0.39, 0.29) is 0 Å². The lowest BCUT2D eigenvalue weighted by Crippen LogP contribution is -2.26. The molecule has 0 aliphatic rings. The number of hydrogen-bond acceptors (Lipinski definition) is 5. The van der Waals surface area contributed by atoms with E-state index in [9.17, 15) is 13.2 Å². The van der Waals surface area contributed by atoms with Crippen LogP contribution in [0.5, 0.6) is 0 Å². The number of carbonyl (C=O) groups is 1. The van der Waals surface area contributed by atoms with E-state index in [0.717, 1.165) is 6.08 Å². The van der Waals surface area contributed by atoms with Crippen molar-refractivity contribution in [1.29, 1.82) is 0 Å². The first-order valence-electron chi connectivity index (χ1n) is 3.48. The second-order valence-corrected chi connectivity index (χ2v) is 4.36. The largest absolute Gasteiger partial charge is 0.452 e. The van der Waals surface area contributed by atoms with Gasteiger partial charge < -0.3 is 4.18 Å². The fourth-order valence-corrected chi connectivity index (χ4v) is 1.37. The molecule has 6 heteroatoms. The Bertz CT molecular complexity index is 295. The molecule has 0 saturated heterocycles. The standard InChI is InChI=1S/C7H12O5S/c1-5-6(8)11-13(9,10)12-7(2,3)4/h5H,1H2,2-4H3. The molecule has 0 radical (unpaired) electrons. The zero-order valence-corrected chi connectivity index (χ0v) is 8.55. The Kier molecular flexibility index (Phi) is 3.62. The second-order valence-electron chi connectivity index (χ2n) is 3.21. The van der Waals surface area contributed by atoms with Crippen LogP contribution in [0.25, 0.3) is 0 Å². The maximum atomic E-state index is 10.9. The number of rotatable bonds is 3. The molecule has 0 N–H and O–H groups in total. The van der Waals surface area contributed by atoms with E-state index in [4.69, 9.17) is 0 Å². The summed E-state index contributed by atoms with van der Waals surface area (Å²) in [6, 6.07) is 0. The summed E-state index contributed by atoms with van der Waals surface area (Å²) in [5, 5.41) is 0. The van der Waals surface area contributed by atoms with E-state index in [1.54, 1.807) is 0 Å². The Hall–Kier alpha value is -0.880. The Morgan fingerprint density at radius 3 is 2.15 bits per heavy atom. The molecule has 0 fully saturated rings. The maximum Gasteiger partial charge on any atom is 0.452 e. The van der Waals surface area contributed by atoms with Gasteiger partial charge in [0.05, 0.1) is 5.60 Å². The van der Waals surface area contributed by atoms with Crippen molar-refractivity contribution in [1.82, 2.24) is 0 Å². The van der Waals surface area contributed by atoms with Crippen LogP contribution < -0.4 is 0 Å². The van der Waals surface area contributed by atoms with E-state index in [1.165, 1.54) is 20.8 Å². The van der Waals surface area contributed by atoms with Crippen molar-refractivity contribution in [2.75, 3.05) is 0 Å². The Morgan fingerprint density at radius 1 is 1.38 bits per heavy atom. The molecule has 0 rings (SSSR count). The molecule has 13 heavy (non-hydrogen) atoms. The Morgan fingerprint density at radius 2 is 1.85 bits per heavy atom. The summed E-state index contributed by atoms with van der Waals surface area (Å²) in [5.74, 6) is -1.07. The van der Waals surface area contributed by atoms with Crippen molar-refractivity contribution in [3.05, 3.63) is 12.7 Å². The highest BCUT2D eigenvalue weighted by atomic mass is 32.3. The lowest BCUT2D eigenvalue weighted by atomic mass is 10.2. The van der Waals surface area contributed by atoms with E-state index >= 15 is 0 Å². The van der Waals surface area contributed by atoms with Crippen LogP contribution in [0, 0.1) is 0 Å². The first-order valence-corrected chi connectivity index (χ1v) is 4.81. The van der Waals surface area contributed by atoms with Gasteiger partial charge in [0, 0.05) is 6.08 Å². The van der Waals surface area contributed by atoms with Crippen LogP contribution in [0.15, 0.2) is 12.7 Å². The minimum Gasteiger partial charge on any atom is -0.321 e. The molecular weight excluding hydrogens is 196 g/mol. The van der Waals surface area contributed by atoms with Gasteiger partial charge in [-0.05, 0) is 20.8 Å². The van der Waals surface area contributed by atoms with Gasteiger partial charge in [-0.15, -0.1) is 0 Å². The molecule has 0 bridgehead atoms. The zero-order valence-electron chi connectivity index (χ0n) is 7.73. The summed E-state index contributed by atoms with van der Waals surface area (Å²) in [6.45, 7) is 7.61. The van der Waals surface area contributed by atoms with Crippen molar-refractivity contribution in [2.45, 2.75) is 26.4 Å². The third kappa shape index (κ3) is 6.30. The molecule has 0 spiro atoms. The van der Waals surface area contributed by atoms with Crippen molar-refractivity contribution in [2.24, 2.45) is 0 Å². The van der Waals surface area contributed by atoms with Gasteiger partial charge in [-0.2, -0.15) is 8.42 Å². The Labute approximate surface area is 77.7 Å². The smallest absolute Gasteiger partial charge is 0.321 e. The molecule has 0 aliphatic carbocycles. The molecule has 0 atom stereocenters. The molecule has 0 aromatic rings. The van der Waals surface area contributed by atoms with Gasteiger partial charge >= 0.3 is 16.4 Å². The van der Waals surface area contributed by atoms with Gasteiger partial charge in [-0.1, -0.05) is 6.58 Å². The van der Waals surface area contributed by atoms with E-state index in [0.29, 0.717) is 0 Å². The van der Waals surface area contributed by atoms with Crippen molar-refractivity contribution >= 4 is 16.4 Å². The normalized spacial score (nSPS) is 12.2. The summed E-state index contributed by atoms with van der Waals surface area (Å²) in [4.78, 5) is 10.5. The lowest BCUT2D eigenvalue weighted by molar-refractivity contribution is -0.129. The van der Waals surface area contributed by atoms with Gasteiger partial charge in [0.25, 0.3) is 0 Å². The van der Waals surface area contributed by atoms with E-state index in [2.05, 4.69) is 14.9 Å². The molecule has 0 amide bonds. The Balaban J connectivity index is 4.44. The fraction of sp³-hybridized carbons (Fsp3) is 0.571. The van der Waals surface area contributed by atoms with Crippen LogP contribution in [0.4, 0.5) is 0 Å². The molecule has 76 valence electrons. The van der Waals surface area contributed by atoms with Gasteiger partial charge in [0.1, 0.15) is 0 Å².